The van der Waals surface area contributed by atoms with Gasteiger partial charge in [-0.25, -0.2) is 4.98 Å². The smallest absolute Gasteiger partial charge is 0.183 e. The highest BCUT2D eigenvalue weighted by Gasteiger charge is 2.35. The van der Waals surface area contributed by atoms with Crippen LogP contribution in [0.5, 0.6) is 5.75 Å². The van der Waals surface area contributed by atoms with E-state index in [1.807, 2.05) is 89.4 Å². The summed E-state index contributed by atoms with van der Waals surface area (Å²) in [5, 5.41) is 17.2. The lowest BCUT2D eigenvalue weighted by molar-refractivity contribution is -0.131. The number of aromatic hydroxyl groups is 1. The van der Waals surface area contributed by atoms with Gasteiger partial charge in [-0.3, -0.25) is 9.59 Å². The van der Waals surface area contributed by atoms with Crippen LogP contribution in [0.1, 0.15) is 78.1 Å². The number of hydrogen-bond acceptors (Lipinski definition) is 6. The minimum atomic E-state index is -0.885. The fraction of sp³-hybridized carbons (Fsp3) is 0.414. The molecular weight excluding hydrogens is 456 g/mol. The van der Waals surface area contributed by atoms with E-state index in [4.69, 9.17) is 4.98 Å². The molecule has 0 bridgehead atoms. The van der Waals surface area contributed by atoms with Gasteiger partial charge < -0.3 is 10.4 Å². The van der Waals surface area contributed by atoms with Crippen LogP contribution in [0.4, 0.5) is 5.13 Å². The van der Waals surface area contributed by atoms with E-state index >= 15 is 0 Å². The average Bonchev–Trinajstić information content (AvgIpc) is 3.20. The summed E-state index contributed by atoms with van der Waals surface area (Å²) >= 11 is 1.44. The molecular formula is C29H36N2O3S. The minimum Gasteiger partial charge on any atom is -0.507 e. The molecule has 0 spiro atoms. The predicted molar refractivity (Wildman–Crippen MR) is 144 cm³/mol. The fourth-order valence-electron chi connectivity index (χ4n) is 4.31. The third-order valence-electron chi connectivity index (χ3n) is 6.17. The highest BCUT2D eigenvalue weighted by Crippen LogP contribution is 2.43. The summed E-state index contributed by atoms with van der Waals surface area (Å²) in [7, 11) is 0. The Balaban J connectivity index is 2.18. The Kier molecular flexibility index (Phi) is 7.56. The number of benzene rings is 2. The highest BCUT2D eigenvalue weighted by atomic mass is 32.1. The van der Waals surface area contributed by atoms with E-state index in [0.29, 0.717) is 5.13 Å². The van der Waals surface area contributed by atoms with Gasteiger partial charge in [0.25, 0.3) is 0 Å². The molecule has 0 radical (unpaired) electrons. The molecule has 0 fully saturated rings. The third-order valence-corrected chi connectivity index (χ3v) is 6.94. The van der Waals surface area contributed by atoms with Crippen LogP contribution in [0.3, 0.4) is 0 Å². The number of carbonyl (C=O) groups excluding carboxylic acids is 2. The van der Waals surface area contributed by atoms with E-state index in [1.54, 1.807) is 0 Å². The van der Waals surface area contributed by atoms with Gasteiger partial charge in [0.2, 0.25) is 0 Å². The molecule has 2 N–H and O–H groups in total. The summed E-state index contributed by atoms with van der Waals surface area (Å²) < 4.78 is 0. The van der Waals surface area contributed by atoms with Gasteiger partial charge in [-0.1, -0.05) is 71.9 Å². The fourth-order valence-corrected chi connectivity index (χ4v) is 5.07. The van der Waals surface area contributed by atoms with Gasteiger partial charge in [-0.15, -0.1) is 11.3 Å². The molecule has 6 heteroatoms. The molecule has 0 aliphatic rings. The third kappa shape index (κ3) is 5.99. The van der Waals surface area contributed by atoms with Crippen LogP contribution in [0.15, 0.2) is 47.8 Å². The number of aromatic nitrogens is 1. The standard InChI is InChI=1S/C29H36N2O3S/c1-17(32)24(18(2)33)25(31-27-30-23(16-35-27)19-12-10-9-11-13-19)20-14-21(28(3,4)5)26(34)22(15-20)29(6,7)8/h9-16,24-25,34H,1-8H3,(H,30,31). The maximum Gasteiger partial charge on any atom is 0.183 e. The molecule has 0 saturated heterocycles. The average molecular weight is 493 g/mol. The topological polar surface area (TPSA) is 79.3 Å². The number of hydrogen-bond donors (Lipinski definition) is 2. The van der Waals surface area contributed by atoms with Crippen molar-refractivity contribution in [2.75, 3.05) is 5.32 Å². The highest BCUT2D eigenvalue weighted by molar-refractivity contribution is 7.14. The van der Waals surface area contributed by atoms with E-state index in [1.165, 1.54) is 25.2 Å². The normalized spacial score (nSPS) is 13.1. The zero-order valence-electron chi connectivity index (χ0n) is 21.9. The number of phenolic OH excluding ortho intramolecular Hbond substituents is 1. The Hall–Kier alpha value is -2.99. The van der Waals surface area contributed by atoms with E-state index in [2.05, 4.69) is 5.32 Å². The van der Waals surface area contributed by atoms with E-state index in [0.717, 1.165) is 27.9 Å². The molecule has 3 aromatic rings. The minimum absolute atomic E-state index is 0.211. The number of rotatable bonds is 7. The summed E-state index contributed by atoms with van der Waals surface area (Å²) in [6.07, 6.45) is 0. The van der Waals surface area contributed by atoms with Gasteiger partial charge >= 0.3 is 0 Å². The van der Waals surface area contributed by atoms with Gasteiger partial charge in [-0.05, 0) is 53.5 Å². The molecule has 1 aromatic heterocycles. The van der Waals surface area contributed by atoms with Gasteiger partial charge in [-0.2, -0.15) is 0 Å². The first-order valence-corrected chi connectivity index (χ1v) is 12.7. The maximum atomic E-state index is 12.7. The summed E-state index contributed by atoms with van der Waals surface area (Å²) in [6, 6.07) is 13.1. The van der Waals surface area contributed by atoms with Crippen molar-refractivity contribution >= 4 is 28.0 Å². The molecule has 1 atom stereocenters. The second-order valence-corrected chi connectivity index (χ2v) is 12.0. The van der Waals surface area contributed by atoms with Gasteiger partial charge in [0.15, 0.2) is 5.13 Å². The predicted octanol–water partition coefficient (Wildman–Crippen LogP) is 7.06. The van der Waals surface area contributed by atoms with Crippen LogP contribution < -0.4 is 5.32 Å². The lowest BCUT2D eigenvalue weighted by Gasteiger charge is -2.31. The van der Waals surface area contributed by atoms with Gasteiger partial charge in [0, 0.05) is 10.9 Å². The van der Waals surface area contributed by atoms with Crippen LogP contribution >= 0.6 is 11.3 Å². The number of carbonyl (C=O) groups is 2. The molecule has 5 nitrogen and oxygen atoms in total. The molecule has 1 unspecified atom stereocenters. The van der Waals surface area contributed by atoms with Crippen LogP contribution in [0.25, 0.3) is 11.3 Å². The maximum absolute atomic E-state index is 12.7. The molecule has 186 valence electrons. The zero-order valence-corrected chi connectivity index (χ0v) is 22.7. The largest absolute Gasteiger partial charge is 0.507 e. The first-order valence-electron chi connectivity index (χ1n) is 11.9. The molecule has 0 aliphatic carbocycles. The Morgan fingerprint density at radius 3 is 1.89 bits per heavy atom. The van der Waals surface area contributed by atoms with E-state index < -0.39 is 12.0 Å². The van der Waals surface area contributed by atoms with Crippen LogP contribution in [0, 0.1) is 5.92 Å². The number of anilines is 1. The molecule has 1 heterocycles. The SMILES string of the molecule is CC(=O)C(C(C)=O)C(Nc1nc(-c2ccccc2)cs1)c1cc(C(C)(C)C)c(O)c(C(C)(C)C)c1. The Bertz CT molecular complexity index is 1170. The first-order chi connectivity index (χ1) is 16.2. The summed E-state index contributed by atoms with van der Waals surface area (Å²) in [6.45, 7) is 15.2. The second kappa shape index (κ2) is 9.94. The molecule has 35 heavy (non-hydrogen) atoms. The summed E-state index contributed by atoms with van der Waals surface area (Å²) in [4.78, 5) is 30.2. The first kappa shape index (κ1) is 26.6. The summed E-state index contributed by atoms with van der Waals surface area (Å²) in [5.74, 6) is -1.05. The van der Waals surface area contributed by atoms with Gasteiger partial charge in [0.05, 0.1) is 17.7 Å². The van der Waals surface area contributed by atoms with E-state index in [9.17, 15) is 14.7 Å². The second-order valence-electron chi connectivity index (χ2n) is 11.2. The molecule has 0 saturated carbocycles. The Morgan fingerprint density at radius 2 is 1.43 bits per heavy atom. The number of phenols is 1. The molecule has 2 aromatic carbocycles. The van der Waals surface area contributed by atoms with Crippen LogP contribution in [0.2, 0.25) is 0 Å². The molecule has 3 rings (SSSR count). The van der Waals surface area contributed by atoms with E-state index in [-0.39, 0.29) is 28.1 Å². The number of Topliss-reactive ketones (excluding diaryl/α,β-unsaturated/α-hetero) is 2. The van der Waals surface area contributed by atoms with Crippen molar-refractivity contribution in [3.8, 4) is 17.0 Å². The number of ketones is 2. The quantitative estimate of drug-likeness (QED) is 0.345. The monoisotopic (exact) mass is 492 g/mol. The van der Waals surface area contributed by atoms with Crippen LogP contribution in [-0.2, 0) is 20.4 Å². The van der Waals surface area contributed by atoms with Crippen molar-refractivity contribution in [2.45, 2.75) is 72.3 Å². The van der Waals surface area contributed by atoms with Crippen molar-refractivity contribution in [3.05, 3.63) is 64.5 Å². The lowest BCUT2D eigenvalue weighted by Crippen LogP contribution is -2.32. The van der Waals surface area contributed by atoms with Crippen molar-refractivity contribution in [2.24, 2.45) is 5.92 Å². The summed E-state index contributed by atoms with van der Waals surface area (Å²) in [5.41, 5.74) is 3.49. The number of thiazole rings is 1. The van der Waals surface area contributed by atoms with Crippen LogP contribution in [-0.4, -0.2) is 21.7 Å². The van der Waals surface area contributed by atoms with Crippen molar-refractivity contribution in [1.82, 2.24) is 4.98 Å². The molecule has 0 aliphatic heterocycles. The van der Waals surface area contributed by atoms with Crippen molar-refractivity contribution in [1.29, 1.82) is 0 Å². The zero-order chi connectivity index (χ0) is 26.1. The van der Waals surface area contributed by atoms with Crippen molar-refractivity contribution in [3.63, 3.8) is 0 Å². The lowest BCUT2D eigenvalue weighted by atomic mass is 9.76. The van der Waals surface area contributed by atoms with Crippen molar-refractivity contribution < 1.29 is 14.7 Å². The van der Waals surface area contributed by atoms with Gasteiger partial charge in [0.1, 0.15) is 17.3 Å². The number of nitrogens with zero attached hydrogens (tertiary/aromatic N) is 1. The number of nitrogens with one attached hydrogen (secondary N) is 1. The Labute approximate surface area is 212 Å². The Morgan fingerprint density at radius 1 is 0.914 bits per heavy atom. The molecule has 0 amide bonds.